The van der Waals surface area contributed by atoms with Gasteiger partial charge in [0.2, 0.25) is 0 Å². The lowest BCUT2D eigenvalue weighted by molar-refractivity contribution is 0.226. The normalized spacial score (nSPS) is 15.3. The molecule has 0 bridgehead atoms. The van der Waals surface area contributed by atoms with Crippen LogP contribution in [-0.4, -0.2) is 23.1 Å². The van der Waals surface area contributed by atoms with E-state index in [-0.39, 0.29) is 0 Å². The van der Waals surface area contributed by atoms with Crippen molar-refractivity contribution in [3.05, 3.63) is 48.8 Å². The van der Waals surface area contributed by atoms with Crippen LogP contribution in [-0.2, 0) is 0 Å². The lowest BCUT2D eigenvalue weighted by Gasteiger charge is -2.32. The first-order valence-electron chi connectivity index (χ1n) is 5.94. The molecular formula is C14H15N3. The fraction of sp³-hybridized carbons (Fsp3) is 0.214. The van der Waals surface area contributed by atoms with E-state index in [4.69, 9.17) is 0 Å². The number of hydrazine groups is 1. The van der Waals surface area contributed by atoms with Gasteiger partial charge in [-0.1, -0.05) is 24.3 Å². The Hall–Kier alpha value is -1.87. The van der Waals surface area contributed by atoms with E-state index in [1.807, 2.05) is 12.3 Å². The van der Waals surface area contributed by atoms with E-state index in [1.165, 1.54) is 12.0 Å². The maximum absolute atomic E-state index is 4.17. The summed E-state index contributed by atoms with van der Waals surface area (Å²) >= 11 is 0. The summed E-state index contributed by atoms with van der Waals surface area (Å²) in [6.45, 7) is 2.25. The highest BCUT2D eigenvalue weighted by Crippen LogP contribution is 2.28. The summed E-state index contributed by atoms with van der Waals surface area (Å²) in [6.07, 6.45) is 4.98. The lowest BCUT2D eigenvalue weighted by Crippen LogP contribution is -2.41. The van der Waals surface area contributed by atoms with E-state index < -0.39 is 0 Å². The Labute approximate surface area is 101 Å². The quantitative estimate of drug-likeness (QED) is 0.870. The summed E-state index contributed by atoms with van der Waals surface area (Å²) in [4.78, 5) is 4.17. The molecule has 0 saturated carbocycles. The molecule has 2 heterocycles. The number of hydrogen-bond donors (Lipinski definition) is 1. The van der Waals surface area contributed by atoms with Gasteiger partial charge < -0.3 is 5.43 Å². The molecule has 1 fully saturated rings. The average Bonchev–Trinajstić information content (AvgIpc) is 2.35. The minimum absolute atomic E-state index is 1.13. The van der Waals surface area contributed by atoms with Gasteiger partial charge in [0.25, 0.3) is 0 Å². The maximum atomic E-state index is 4.17. The standard InChI is InChI=1S/C14H15N3/c1-2-7-14(16-17-9-4-10-17)13(6-1)12-5-3-8-15-11-12/h1-3,5-8,11,16H,4,9-10H2. The van der Waals surface area contributed by atoms with Crippen molar-refractivity contribution in [1.82, 2.24) is 9.99 Å². The summed E-state index contributed by atoms with van der Waals surface area (Å²) in [6, 6.07) is 12.4. The summed E-state index contributed by atoms with van der Waals surface area (Å²) in [5, 5.41) is 2.23. The number of aromatic nitrogens is 1. The van der Waals surface area contributed by atoms with Crippen LogP contribution in [0.4, 0.5) is 5.69 Å². The zero-order valence-electron chi connectivity index (χ0n) is 9.63. The molecule has 3 heteroatoms. The molecule has 1 aliphatic rings. The molecule has 17 heavy (non-hydrogen) atoms. The Morgan fingerprint density at radius 1 is 1.06 bits per heavy atom. The molecule has 2 aromatic rings. The second kappa shape index (κ2) is 4.55. The van der Waals surface area contributed by atoms with Crippen molar-refractivity contribution in [1.29, 1.82) is 0 Å². The number of nitrogens with one attached hydrogen (secondary N) is 1. The minimum atomic E-state index is 1.13. The van der Waals surface area contributed by atoms with Crippen LogP contribution < -0.4 is 5.43 Å². The molecule has 1 saturated heterocycles. The van der Waals surface area contributed by atoms with Crippen LogP contribution in [0, 0.1) is 0 Å². The zero-order chi connectivity index (χ0) is 11.5. The summed E-state index contributed by atoms with van der Waals surface area (Å²) in [7, 11) is 0. The summed E-state index contributed by atoms with van der Waals surface area (Å²) in [5.41, 5.74) is 6.95. The van der Waals surface area contributed by atoms with Gasteiger partial charge in [-0.05, 0) is 18.6 Å². The number of rotatable bonds is 3. The van der Waals surface area contributed by atoms with Crippen molar-refractivity contribution in [2.45, 2.75) is 6.42 Å². The van der Waals surface area contributed by atoms with Crippen molar-refractivity contribution in [2.24, 2.45) is 0 Å². The Morgan fingerprint density at radius 3 is 2.65 bits per heavy atom. The molecule has 86 valence electrons. The molecule has 1 N–H and O–H groups in total. The molecule has 1 aliphatic heterocycles. The minimum Gasteiger partial charge on any atom is -0.318 e. The molecular weight excluding hydrogens is 210 g/mol. The van der Waals surface area contributed by atoms with Crippen LogP contribution in [0.15, 0.2) is 48.8 Å². The molecule has 3 nitrogen and oxygen atoms in total. The van der Waals surface area contributed by atoms with Crippen LogP contribution in [0.2, 0.25) is 0 Å². The van der Waals surface area contributed by atoms with Crippen molar-refractivity contribution < 1.29 is 0 Å². The highest BCUT2D eigenvalue weighted by molar-refractivity contribution is 5.76. The summed E-state index contributed by atoms with van der Waals surface area (Å²) < 4.78 is 0. The first-order chi connectivity index (χ1) is 8.43. The van der Waals surface area contributed by atoms with Gasteiger partial charge in [0.05, 0.1) is 5.69 Å². The van der Waals surface area contributed by atoms with Gasteiger partial charge in [-0.3, -0.25) is 4.98 Å². The van der Waals surface area contributed by atoms with Gasteiger partial charge in [0, 0.05) is 36.6 Å². The Bertz CT molecular complexity index is 492. The third-order valence-corrected chi connectivity index (χ3v) is 3.03. The second-order valence-electron chi connectivity index (χ2n) is 4.24. The van der Waals surface area contributed by atoms with Crippen LogP contribution in [0.5, 0.6) is 0 Å². The maximum Gasteiger partial charge on any atom is 0.0569 e. The van der Waals surface area contributed by atoms with Crippen LogP contribution in [0.25, 0.3) is 11.1 Å². The molecule has 0 atom stereocenters. The van der Waals surface area contributed by atoms with Gasteiger partial charge in [0.1, 0.15) is 0 Å². The Balaban J connectivity index is 1.92. The molecule has 1 aromatic heterocycles. The van der Waals surface area contributed by atoms with E-state index in [9.17, 15) is 0 Å². The molecule has 0 unspecified atom stereocenters. The second-order valence-corrected chi connectivity index (χ2v) is 4.24. The van der Waals surface area contributed by atoms with Gasteiger partial charge in [0.15, 0.2) is 0 Å². The number of pyridine rings is 1. The van der Waals surface area contributed by atoms with Gasteiger partial charge >= 0.3 is 0 Å². The Kier molecular flexibility index (Phi) is 2.76. The topological polar surface area (TPSA) is 28.2 Å². The zero-order valence-corrected chi connectivity index (χ0v) is 9.63. The van der Waals surface area contributed by atoms with Crippen molar-refractivity contribution in [2.75, 3.05) is 18.5 Å². The van der Waals surface area contributed by atoms with Crippen molar-refractivity contribution in [3.8, 4) is 11.1 Å². The first-order valence-corrected chi connectivity index (χ1v) is 5.94. The third-order valence-electron chi connectivity index (χ3n) is 3.03. The van der Waals surface area contributed by atoms with Gasteiger partial charge in [-0.25, -0.2) is 5.01 Å². The van der Waals surface area contributed by atoms with Gasteiger partial charge in [-0.15, -0.1) is 0 Å². The van der Waals surface area contributed by atoms with Crippen LogP contribution in [0.3, 0.4) is 0 Å². The highest BCUT2D eigenvalue weighted by Gasteiger charge is 2.14. The predicted octanol–water partition coefficient (Wildman–Crippen LogP) is 2.78. The van der Waals surface area contributed by atoms with E-state index in [2.05, 4.69) is 45.8 Å². The molecule has 0 amide bonds. The molecule has 0 spiro atoms. The SMILES string of the molecule is c1cncc(-c2ccccc2NN2CCC2)c1. The lowest BCUT2D eigenvalue weighted by atomic mass is 10.1. The molecule has 0 radical (unpaired) electrons. The van der Waals surface area contributed by atoms with Crippen molar-refractivity contribution >= 4 is 5.69 Å². The first kappa shape index (κ1) is 10.3. The predicted molar refractivity (Wildman–Crippen MR) is 69.5 cm³/mol. The van der Waals surface area contributed by atoms with E-state index >= 15 is 0 Å². The van der Waals surface area contributed by atoms with E-state index in [0.29, 0.717) is 0 Å². The molecule has 0 aliphatic carbocycles. The number of nitrogens with zero attached hydrogens (tertiary/aromatic N) is 2. The van der Waals surface area contributed by atoms with Gasteiger partial charge in [-0.2, -0.15) is 0 Å². The fourth-order valence-corrected chi connectivity index (χ4v) is 1.95. The Morgan fingerprint density at radius 2 is 1.94 bits per heavy atom. The monoisotopic (exact) mass is 225 g/mol. The molecule has 1 aromatic carbocycles. The number of para-hydroxylation sites is 1. The number of anilines is 1. The summed E-state index contributed by atoms with van der Waals surface area (Å²) in [5.74, 6) is 0. The number of hydrogen-bond acceptors (Lipinski definition) is 3. The smallest absolute Gasteiger partial charge is 0.0569 e. The fourth-order valence-electron chi connectivity index (χ4n) is 1.95. The number of benzene rings is 1. The largest absolute Gasteiger partial charge is 0.318 e. The third kappa shape index (κ3) is 2.15. The van der Waals surface area contributed by atoms with Crippen LogP contribution in [0.1, 0.15) is 6.42 Å². The van der Waals surface area contributed by atoms with E-state index in [0.717, 1.165) is 24.3 Å². The van der Waals surface area contributed by atoms with Crippen LogP contribution >= 0.6 is 0 Å². The highest BCUT2D eigenvalue weighted by atomic mass is 15.5. The van der Waals surface area contributed by atoms with Crippen molar-refractivity contribution in [3.63, 3.8) is 0 Å². The molecule has 3 rings (SSSR count). The average molecular weight is 225 g/mol. The van der Waals surface area contributed by atoms with E-state index in [1.54, 1.807) is 6.20 Å².